The Bertz CT molecular complexity index is 320. The molecule has 2 N–H and O–H groups in total. The van der Waals surface area contributed by atoms with E-state index in [0.717, 1.165) is 23.4 Å². The summed E-state index contributed by atoms with van der Waals surface area (Å²) in [7, 11) is 0. The molecule has 0 heterocycles. The molecule has 0 spiro atoms. The molecule has 0 amide bonds. The lowest BCUT2D eigenvalue weighted by atomic mass is 9.93. The van der Waals surface area contributed by atoms with Gasteiger partial charge < -0.3 is 5.73 Å². The van der Waals surface area contributed by atoms with Gasteiger partial charge in [0.1, 0.15) is 0 Å². The number of nitrogens with two attached hydrogens (primary N) is 1. The predicted molar refractivity (Wildman–Crippen MR) is 67.5 cm³/mol. The summed E-state index contributed by atoms with van der Waals surface area (Å²) in [6.45, 7) is 6.34. The lowest BCUT2D eigenvalue weighted by Gasteiger charge is -2.14. The Balaban J connectivity index is 2.65. The van der Waals surface area contributed by atoms with Crippen LogP contribution in [-0.4, -0.2) is 6.04 Å². The maximum absolute atomic E-state index is 5.99. The third-order valence-electron chi connectivity index (χ3n) is 2.81. The second-order valence-corrected chi connectivity index (χ2v) is 4.87. The molecular formula is C13H20ClN. The molecule has 0 bridgehead atoms. The first-order valence-corrected chi connectivity index (χ1v) is 5.90. The van der Waals surface area contributed by atoms with E-state index in [1.54, 1.807) is 0 Å². The molecule has 1 rings (SSSR count). The topological polar surface area (TPSA) is 26.0 Å². The first-order chi connectivity index (χ1) is 7.00. The maximum Gasteiger partial charge on any atom is 0.0435 e. The summed E-state index contributed by atoms with van der Waals surface area (Å²) in [5, 5.41) is 0.846. The number of halogens is 1. The summed E-state index contributed by atoms with van der Waals surface area (Å²) in [5.74, 6) is 0.562. The minimum atomic E-state index is 0.292. The third-order valence-corrected chi connectivity index (χ3v) is 3.23. The van der Waals surface area contributed by atoms with Gasteiger partial charge in [0.15, 0.2) is 0 Å². The molecule has 1 nitrogen and oxygen atoms in total. The van der Waals surface area contributed by atoms with Gasteiger partial charge in [-0.2, -0.15) is 0 Å². The quantitative estimate of drug-likeness (QED) is 0.827. The lowest BCUT2D eigenvalue weighted by Crippen LogP contribution is -2.15. The van der Waals surface area contributed by atoms with Crippen LogP contribution < -0.4 is 5.73 Å². The molecule has 2 heteroatoms. The molecule has 0 aliphatic carbocycles. The van der Waals surface area contributed by atoms with Crippen LogP contribution in [0.15, 0.2) is 18.2 Å². The second-order valence-electron chi connectivity index (χ2n) is 4.46. The van der Waals surface area contributed by atoms with E-state index < -0.39 is 0 Å². The Labute approximate surface area is 97.6 Å². The molecule has 0 saturated carbocycles. The number of hydrogen-bond acceptors (Lipinski definition) is 1. The zero-order chi connectivity index (χ0) is 11.4. The van der Waals surface area contributed by atoms with Gasteiger partial charge in [0.25, 0.3) is 0 Å². The molecule has 2 unspecified atom stereocenters. The molecule has 0 radical (unpaired) electrons. The van der Waals surface area contributed by atoms with Crippen molar-refractivity contribution in [1.82, 2.24) is 0 Å². The van der Waals surface area contributed by atoms with Crippen molar-refractivity contribution in [2.45, 2.75) is 45.6 Å². The van der Waals surface area contributed by atoms with Gasteiger partial charge in [-0.05, 0) is 49.8 Å². The molecular weight excluding hydrogens is 206 g/mol. The van der Waals surface area contributed by atoms with Crippen LogP contribution in [0.4, 0.5) is 0 Å². The second kappa shape index (κ2) is 5.53. The smallest absolute Gasteiger partial charge is 0.0435 e. The number of benzene rings is 1. The average Bonchev–Trinajstić information content (AvgIpc) is 2.18. The van der Waals surface area contributed by atoms with Gasteiger partial charge in [0, 0.05) is 11.1 Å². The molecule has 0 aromatic heterocycles. The van der Waals surface area contributed by atoms with Crippen LogP contribution in [0.25, 0.3) is 0 Å². The number of hydrogen-bond donors (Lipinski definition) is 1. The Morgan fingerprint density at radius 2 is 1.93 bits per heavy atom. The fourth-order valence-electron chi connectivity index (χ4n) is 1.65. The van der Waals surface area contributed by atoms with E-state index in [1.165, 1.54) is 5.56 Å². The predicted octanol–water partition coefficient (Wildman–Crippen LogP) is 3.88. The molecule has 0 aliphatic rings. The van der Waals surface area contributed by atoms with E-state index in [-0.39, 0.29) is 0 Å². The Morgan fingerprint density at radius 3 is 2.47 bits per heavy atom. The normalized spacial score (nSPS) is 15.0. The van der Waals surface area contributed by atoms with Crippen molar-refractivity contribution < 1.29 is 0 Å². The summed E-state index contributed by atoms with van der Waals surface area (Å²) < 4.78 is 0. The highest BCUT2D eigenvalue weighted by Gasteiger charge is 2.07. The lowest BCUT2D eigenvalue weighted by molar-refractivity contribution is 0.569. The molecule has 15 heavy (non-hydrogen) atoms. The average molecular weight is 226 g/mol. The van der Waals surface area contributed by atoms with Crippen molar-refractivity contribution in [3.8, 4) is 0 Å². The first kappa shape index (κ1) is 12.5. The summed E-state index contributed by atoms with van der Waals surface area (Å²) in [4.78, 5) is 0. The van der Waals surface area contributed by atoms with Crippen molar-refractivity contribution >= 4 is 11.6 Å². The highest BCUT2D eigenvalue weighted by Crippen LogP contribution is 2.25. The van der Waals surface area contributed by atoms with Crippen LogP contribution in [0.3, 0.4) is 0 Å². The Hall–Kier alpha value is -0.530. The number of aryl methyl sites for hydroxylation is 1. The molecule has 84 valence electrons. The van der Waals surface area contributed by atoms with Crippen molar-refractivity contribution in [2.24, 2.45) is 5.73 Å². The molecule has 1 aromatic rings. The maximum atomic E-state index is 5.99. The summed E-state index contributed by atoms with van der Waals surface area (Å²) in [6, 6.07) is 6.56. The monoisotopic (exact) mass is 225 g/mol. The zero-order valence-electron chi connectivity index (χ0n) is 9.76. The van der Waals surface area contributed by atoms with E-state index in [1.807, 2.05) is 13.0 Å². The standard InChI is InChI=1S/C13H20ClN/c1-9(4-5-11(3)15)12-6-7-13(14)10(2)8-12/h6-9,11H,4-5,15H2,1-3H3. The van der Waals surface area contributed by atoms with E-state index in [0.29, 0.717) is 12.0 Å². The summed E-state index contributed by atoms with van der Waals surface area (Å²) in [5.41, 5.74) is 8.26. The molecule has 0 saturated heterocycles. The van der Waals surface area contributed by atoms with Gasteiger partial charge in [0.05, 0.1) is 0 Å². The van der Waals surface area contributed by atoms with Crippen LogP contribution >= 0.6 is 11.6 Å². The van der Waals surface area contributed by atoms with Crippen LogP contribution in [0, 0.1) is 6.92 Å². The van der Waals surface area contributed by atoms with Crippen LogP contribution in [0.2, 0.25) is 5.02 Å². The molecule has 0 aliphatic heterocycles. The minimum absolute atomic E-state index is 0.292. The highest BCUT2D eigenvalue weighted by molar-refractivity contribution is 6.31. The minimum Gasteiger partial charge on any atom is -0.328 e. The van der Waals surface area contributed by atoms with Crippen LogP contribution in [0.1, 0.15) is 43.7 Å². The largest absolute Gasteiger partial charge is 0.328 e. The fourth-order valence-corrected chi connectivity index (χ4v) is 1.77. The van der Waals surface area contributed by atoms with Crippen molar-refractivity contribution in [2.75, 3.05) is 0 Å². The number of rotatable bonds is 4. The van der Waals surface area contributed by atoms with Crippen LogP contribution in [-0.2, 0) is 0 Å². The van der Waals surface area contributed by atoms with Crippen molar-refractivity contribution in [3.05, 3.63) is 34.3 Å². The van der Waals surface area contributed by atoms with Gasteiger partial charge in [-0.15, -0.1) is 0 Å². The fraction of sp³-hybridized carbons (Fsp3) is 0.538. The van der Waals surface area contributed by atoms with Gasteiger partial charge in [-0.25, -0.2) is 0 Å². The van der Waals surface area contributed by atoms with E-state index in [2.05, 4.69) is 26.0 Å². The highest BCUT2D eigenvalue weighted by atomic mass is 35.5. The van der Waals surface area contributed by atoms with Gasteiger partial charge in [0.2, 0.25) is 0 Å². The SMILES string of the molecule is Cc1cc(C(C)CCC(C)N)ccc1Cl. The molecule has 1 aromatic carbocycles. The Morgan fingerprint density at radius 1 is 1.27 bits per heavy atom. The van der Waals surface area contributed by atoms with Gasteiger partial charge in [-0.1, -0.05) is 30.7 Å². The van der Waals surface area contributed by atoms with Crippen LogP contribution in [0.5, 0.6) is 0 Å². The summed E-state index contributed by atoms with van der Waals surface area (Å²) >= 11 is 5.99. The van der Waals surface area contributed by atoms with Crippen molar-refractivity contribution in [1.29, 1.82) is 0 Å². The van der Waals surface area contributed by atoms with E-state index in [9.17, 15) is 0 Å². The van der Waals surface area contributed by atoms with Crippen molar-refractivity contribution in [3.63, 3.8) is 0 Å². The Kier molecular flexibility index (Phi) is 4.62. The zero-order valence-corrected chi connectivity index (χ0v) is 10.5. The first-order valence-electron chi connectivity index (χ1n) is 5.52. The molecule has 0 fully saturated rings. The third kappa shape index (κ3) is 3.84. The summed E-state index contributed by atoms with van der Waals surface area (Å²) in [6.07, 6.45) is 2.21. The van der Waals surface area contributed by atoms with E-state index >= 15 is 0 Å². The van der Waals surface area contributed by atoms with E-state index in [4.69, 9.17) is 17.3 Å². The van der Waals surface area contributed by atoms with Gasteiger partial charge >= 0.3 is 0 Å². The van der Waals surface area contributed by atoms with Gasteiger partial charge in [-0.3, -0.25) is 0 Å². The molecule has 2 atom stereocenters.